The summed E-state index contributed by atoms with van der Waals surface area (Å²) in [6, 6.07) is 0. The maximum absolute atomic E-state index is 12.1. The van der Waals surface area contributed by atoms with Crippen molar-refractivity contribution in [2.45, 2.75) is 33.1 Å². The van der Waals surface area contributed by atoms with E-state index in [1.54, 1.807) is 13.8 Å². The fourth-order valence-electron chi connectivity index (χ4n) is 6.38. The summed E-state index contributed by atoms with van der Waals surface area (Å²) >= 11 is 0. The van der Waals surface area contributed by atoms with Crippen molar-refractivity contribution in [1.29, 1.82) is 0 Å². The van der Waals surface area contributed by atoms with Crippen molar-refractivity contribution in [3.05, 3.63) is 12.2 Å². The monoisotopic (exact) mass is 258 g/mol. The molecule has 0 amide bonds. The molecule has 0 spiro atoms. The lowest BCUT2D eigenvalue weighted by molar-refractivity contribution is -0.127. The Morgan fingerprint density at radius 1 is 1.00 bits per heavy atom. The average Bonchev–Trinajstić information content (AvgIpc) is 3.04. The number of fused-ring (bicyclic) bond motifs is 9. The zero-order chi connectivity index (χ0) is 13.3. The van der Waals surface area contributed by atoms with E-state index in [0.29, 0.717) is 30.0 Å². The van der Waals surface area contributed by atoms with Gasteiger partial charge in [0, 0.05) is 12.3 Å². The van der Waals surface area contributed by atoms with Gasteiger partial charge in [0.2, 0.25) is 0 Å². The van der Waals surface area contributed by atoms with Crippen molar-refractivity contribution in [2.75, 3.05) is 0 Å². The first-order valence-corrected chi connectivity index (χ1v) is 7.76. The highest BCUT2D eigenvalue weighted by molar-refractivity contribution is 5.82. The van der Waals surface area contributed by atoms with E-state index in [2.05, 4.69) is 12.2 Å². The Kier molecular flexibility index (Phi) is 2.38. The van der Waals surface area contributed by atoms with Gasteiger partial charge in [0.1, 0.15) is 11.6 Å². The normalized spacial score (nSPS) is 52.7. The lowest BCUT2D eigenvalue weighted by Crippen LogP contribution is -2.40. The minimum atomic E-state index is 0.183. The van der Waals surface area contributed by atoms with Crippen molar-refractivity contribution in [1.82, 2.24) is 0 Å². The van der Waals surface area contributed by atoms with E-state index in [4.69, 9.17) is 0 Å². The Morgan fingerprint density at radius 3 is 2.21 bits per heavy atom. The Balaban J connectivity index is 1.69. The molecule has 0 aromatic rings. The van der Waals surface area contributed by atoms with Crippen molar-refractivity contribution in [3.63, 3.8) is 0 Å². The van der Waals surface area contributed by atoms with E-state index in [1.165, 1.54) is 12.8 Å². The number of hydrogen-bond acceptors (Lipinski definition) is 2. The Bertz CT molecular complexity index is 478. The molecule has 0 N–H and O–H groups in total. The third kappa shape index (κ3) is 1.43. The van der Waals surface area contributed by atoms with E-state index in [-0.39, 0.29) is 11.7 Å². The highest BCUT2D eigenvalue weighted by Crippen LogP contribution is 2.69. The Labute approximate surface area is 114 Å². The number of ketones is 2. The van der Waals surface area contributed by atoms with Crippen LogP contribution in [-0.4, -0.2) is 11.6 Å². The van der Waals surface area contributed by atoms with Crippen LogP contribution in [0.5, 0.6) is 0 Å². The molecule has 4 aliphatic rings. The summed E-state index contributed by atoms with van der Waals surface area (Å²) in [6.45, 7) is 3.43. The van der Waals surface area contributed by atoms with Gasteiger partial charge >= 0.3 is 0 Å². The third-order valence-corrected chi connectivity index (χ3v) is 6.58. The number of carbonyl (C=O) groups excluding carboxylic acids is 2. The molecule has 0 radical (unpaired) electrons. The molecule has 0 heterocycles. The molecule has 2 heteroatoms. The lowest BCUT2D eigenvalue weighted by Gasteiger charge is -2.40. The van der Waals surface area contributed by atoms with Crippen LogP contribution in [0.25, 0.3) is 0 Å². The molecule has 0 aromatic carbocycles. The average molecular weight is 258 g/mol. The van der Waals surface area contributed by atoms with E-state index >= 15 is 0 Å². The summed E-state index contributed by atoms with van der Waals surface area (Å²) < 4.78 is 0. The van der Waals surface area contributed by atoms with Crippen LogP contribution in [0.2, 0.25) is 0 Å². The van der Waals surface area contributed by atoms with Gasteiger partial charge in [0.05, 0.1) is 0 Å². The van der Waals surface area contributed by atoms with Gasteiger partial charge in [0.15, 0.2) is 0 Å². The minimum Gasteiger partial charge on any atom is -0.300 e. The van der Waals surface area contributed by atoms with Crippen molar-refractivity contribution in [3.8, 4) is 0 Å². The van der Waals surface area contributed by atoms with E-state index in [1.807, 2.05) is 0 Å². The Morgan fingerprint density at radius 2 is 1.63 bits per heavy atom. The minimum absolute atomic E-state index is 0.183. The van der Waals surface area contributed by atoms with E-state index in [9.17, 15) is 9.59 Å². The summed E-state index contributed by atoms with van der Waals surface area (Å²) in [5.41, 5.74) is 0. The number of carbonyl (C=O) groups is 2. The summed E-state index contributed by atoms with van der Waals surface area (Å²) in [4.78, 5) is 23.7. The predicted molar refractivity (Wildman–Crippen MR) is 72.3 cm³/mol. The summed E-state index contributed by atoms with van der Waals surface area (Å²) in [6.07, 6.45) is 7.99. The van der Waals surface area contributed by atoms with Gasteiger partial charge in [-0.2, -0.15) is 0 Å². The number of Topliss-reactive ketones (excluding diaryl/α,β-unsaturated/α-hetero) is 2. The molecule has 2 nitrogen and oxygen atoms in total. The topological polar surface area (TPSA) is 34.1 Å². The molecule has 8 unspecified atom stereocenters. The van der Waals surface area contributed by atoms with Gasteiger partial charge in [0.25, 0.3) is 0 Å². The molecular weight excluding hydrogens is 236 g/mol. The SMILES string of the molecule is CC(=O)CC1C2CC(C1C(C)=O)C1C3C=CC(C3)C21. The van der Waals surface area contributed by atoms with Crippen molar-refractivity contribution < 1.29 is 9.59 Å². The first-order valence-electron chi connectivity index (χ1n) is 7.76. The van der Waals surface area contributed by atoms with Gasteiger partial charge in [-0.3, -0.25) is 4.79 Å². The van der Waals surface area contributed by atoms with Crippen LogP contribution in [-0.2, 0) is 9.59 Å². The molecule has 102 valence electrons. The Hall–Kier alpha value is -0.920. The van der Waals surface area contributed by atoms with Crippen LogP contribution in [0.4, 0.5) is 0 Å². The second-order valence-electron chi connectivity index (χ2n) is 7.37. The van der Waals surface area contributed by atoms with Crippen LogP contribution in [0.15, 0.2) is 12.2 Å². The lowest BCUT2D eigenvalue weighted by atomic mass is 9.63. The summed E-state index contributed by atoms with van der Waals surface area (Å²) in [5.74, 6) is 5.42. The second-order valence-corrected chi connectivity index (χ2v) is 7.37. The van der Waals surface area contributed by atoms with Gasteiger partial charge in [-0.15, -0.1) is 0 Å². The van der Waals surface area contributed by atoms with Gasteiger partial charge in [-0.1, -0.05) is 12.2 Å². The van der Waals surface area contributed by atoms with Crippen LogP contribution in [0.1, 0.15) is 33.1 Å². The fourth-order valence-corrected chi connectivity index (χ4v) is 6.38. The molecule has 4 rings (SSSR count). The highest BCUT2D eigenvalue weighted by Gasteiger charge is 2.65. The highest BCUT2D eigenvalue weighted by atomic mass is 16.1. The molecule has 4 aliphatic carbocycles. The van der Waals surface area contributed by atoms with Crippen molar-refractivity contribution in [2.24, 2.45) is 47.3 Å². The maximum Gasteiger partial charge on any atom is 0.133 e. The molecule has 3 fully saturated rings. The molecule has 19 heavy (non-hydrogen) atoms. The zero-order valence-electron chi connectivity index (χ0n) is 11.7. The number of allylic oxidation sites excluding steroid dienone is 2. The smallest absolute Gasteiger partial charge is 0.133 e. The fraction of sp³-hybridized carbons (Fsp3) is 0.765. The zero-order valence-corrected chi connectivity index (χ0v) is 11.7. The first-order chi connectivity index (χ1) is 9.08. The second kappa shape index (κ2) is 3.80. The third-order valence-electron chi connectivity index (χ3n) is 6.58. The summed E-state index contributed by atoms with van der Waals surface area (Å²) in [5, 5.41) is 0. The molecule has 8 atom stereocenters. The number of hydrogen-bond donors (Lipinski definition) is 0. The van der Waals surface area contributed by atoms with Crippen molar-refractivity contribution >= 4 is 11.6 Å². The predicted octanol–water partition coefficient (Wildman–Crippen LogP) is 2.87. The van der Waals surface area contributed by atoms with Crippen LogP contribution in [0.3, 0.4) is 0 Å². The van der Waals surface area contributed by atoms with Crippen LogP contribution < -0.4 is 0 Å². The van der Waals surface area contributed by atoms with Gasteiger partial charge in [-0.25, -0.2) is 0 Å². The molecule has 0 aromatic heterocycles. The molecule has 3 saturated carbocycles. The standard InChI is InChI=1S/C17H22O2/c1-8(18)5-12-13-7-14(15(12)9(2)19)17-11-4-3-10(6-11)16(13)17/h3-4,10-17H,5-7H2,1-2H3. The quantitative estimate of drug-likeness (QED) is 0.576. The van der Waals surface area contributed by atoms with Crippen LogP contribution in [0, 0.1) is 47.3 Å². The maximum atomic E-state index is 12.1. The van der Waals surface area contributed by atoms with Crippen LogP contribution >= 0.6 is 0 Å². The number of rotatable bonds is 3. The molecular formula is C17H22O2. The van der Waals surface area contributed by atoms with E-state index < -0.39 is 0 Å². The molecule has 4 bridgehead atoms. The first kappa shape index (κ1) is 11.9. The summed E-state index contributed by atoms with van der Waals surface area (Å²) in [7, 11) is 0. The largest absolute Gasteiger partial charge is 0.300 e. The van der Waals surface area contributed by atoms with E-state index in [0.717, 1.165) is 23.7 Å². The van der Waals surface area contributed by atoms with Gasteiger partial charge < -0.3 is 4.79 Å². The molecule has 0 saturated heterocycles. The molecule has 0 aliphatic heterocycles. The van der Waals surface area contributed by atoms with Gasteiger partial charge in [-0.05, 0) is 68.1 Å².